The van der Waals surface area contributed by atoms with Gasteiger partial charge in [-0.1, -0.05) is 6.07 Å². The minimum atomic E-state index is -3.78. The molecule has 1 fully saturated rings. The number of halogens is 1. The SMILES string of the molecule is CC1CN(S(=O)(=O)c2cccc(F)c2CN)C(C)CO1. The molecule has 0 amide bonds. The Hall–Kier alpha value is -1.02. The van der Waals surface area contributed by atoms with Crippen LogP contribution in [0.25, 0.3) is 0 Å². The van der Waals surface area contributed by atoms with E-state index >= 15 is 0 Å². The molecule has 1 heterocycles. The molecule has 1 aliphatic rings. The molecule has 2 atom stereocenters. The van der Waals surface area contributed by atoms with Crippen molar-refractivity contribution < 1.29 is 17.5 Å². The first kappa shape index (κ1) is 15.4. The summed E-state index contributed by atoms with van der Waals surface area (Å²) in [5.74, 6) is -0.595. The van der Waals surface area contributed by atoms with Crippen LogP contribution >= 0.6 is 0 Å². The molecule has 0 radical (unpaired) electrons. The third-order valence-electron chi connectivity index (χ3n) is 3.42. The van der Waals surface area contributed by atoms with Crippen LogP contribution in [0.3, 0.4) is 0 Å². The monoisotopic (exact) mass is 302 g/mol. The van der Waals surface area contributed by atoms with E-state index in [-0.39, 0.29) is 35.7 Å². The first-order valence-electron chi connectivity index (χ1n) is 6.48. The Morgan fingerprint density at radius 1 is 1.45 bits per heavy atom. The molecule has 2 rings (SSSR count). The van der Waals surface area contributed by atoms with Crippen LogP contribution in [-0.4, -0.2) is 38.0 Å². The van der Waals surface area contributed by atoms with Crippen molar-refractivity contribution in [2.75, 3.05) is 13.2 Å². The van der Waals surface area contributed by atoms with E-state index in [0.717, 1.165) is 0 Å². The maximum Gasteiger partial charge on any atom is 0.243 e. The average molecular weight is 302 g/mol. The molecule has 1 aromatic carbocycles. The van der Waals surface area contributed by atoms with Gasteiger partial charge in [-0.05, 0) is 26.0 Å². The zero-order chi connectivity index (χ0) is 14.9. The number of benzene rings is 1. The largest absolute Gasteiger partial charge is 0.375 e. The summed E-state index contributed by atoms with van der Waals surface area (Å²) < 4.78 is 46.0. The number of ether oxygens (including phenoxy) is 1. The molecule has 2 unspecified atom stereocenters. The summed E-state index contributed by atoms with van der Waals surface area (Å²) in [7, 11) is -3.78. The Morgan fingerprint density at radius 3 is 2.80 bits per heavy atom. The minimum absolute atomic E-state index is 0.0267. The minimum Gasteiger partial charge on any atom is -0.375 e. The molecule has 5 nitrogen and oxygen atoms in total. The molecule has 20 heavy (non-hydrogen) atoms. The second-order valence-electron chi connectivity index (χ2n) is 4.99. The van der Waals surface area contributed by atoms with Crippen LogP contribution in [0, 0.1) is 5.82 Å². The topological polar surface area (TPSA) is 72.6 Å². The van der Waals surface area contributed by atoms with Crippen LogP contribution in [0.1, 0.15) is 19.4 Å². The summed E-state index contributed by atoms with van der Waals surface area (Å²) in [5.41, 5.74) is 5.52. The van der Waals surface area contributed by atoms with E-state index in [2.05, 4.69) is 0 Å². The third-order valence-corrected chi connectivity index (χ3v) is 5.48. The predicted molar refractivity (Wildman–Crippen MR) is 73.1 cm³/mol. The Balaban J connectivity index is 2.47. The van der Waals surface area contributed by atoms with Crippen molar-refractivity contribution in [1.29, 1.82) is 0 Å². The van der Waals surface area contributed by atoms with Crippen molar-refractivity contribution in [2.45, 2.75) is 37.4 Å². The summed E-state index contributed by atoms with van der Waals surface area (Å²) in [6, 6.07) is 3.71. The molecule has 0 aromatic heterocycles. The Morgan fingerprint density at radius 2 is 2.15 bits per heavy atom. The number of hydrogen-bond donors (Lipinski definition) is 1. The lowest BCUT2D eigenvalue weighted by Gasteiger charge is -2.36. The molecule has 1 aliphatic heterocycles. The fraction of sp³-hybridized carbons (Fsp3) is 0.538. The van der Waals surface area contributed by atoms with Crippen molar-refractivity contribution in [2.24, 2.45) is 5.73 Å². The molecule has 7 heteroatoms. The molecule has 2 N–H and O–H groups in total. The van der Waals surface area contributed by atoms with Crippen LogP contribution in [-0.2, 0) is 21.3 Å². The Labute approximate surface area is 118 Å². The molecule has 0 bridgehead atoms. The highest BCUT2D eigenvalue weighted by Gasteiger charge is 2.35. The molecular formula is C13H19FN2O3S. The summed E-state index contributed by atoms with van der Waals surface area (Å²) in [5, 5.41) is 0. The molecule has 0 aliphatic carbocycles. The summed E-state index contributed by atoms with van der Waals surface area (Å²) >= 11 is 0. The van der Waals surface area contributed by atoms with Gasteiger partial charge in [0.2, 0.25) is 10.0 Å². The number of rotatable bonds is 3. The van der Waals surface area contributed by atoms with Crippen LogP contribution in [0.5, 0.6) is 0 Å². The van der Waals surface area contributed by atoms with Crippen molar-refractivity contribution in [3.8, 4) is 0 Å². The van der Waals surface area contributed by atoms with Gasteiger partial charge in [0.1, 0.15) is 5.82 Å². The van der Waals surface area contributed by atoms with Gasteiger partial charge >= 0.3 is 0 Å². The zero-order valence-corrected chi connectivity index (χ0v) is 12.4. The quantitative estimate of drug-likeness (QED) is 0.907. The molecule has 1 aromatic rings. The van der Waals surface area contributed by atoms with Gasteiger partial charge in [0.15, 0.2) is 0 Å². The lowest BCUT2D eigenvalue weighted by atomic mass is 10.2. The van der Waals surface area contributed by atoms with Crippen molar-refractivity contribution >= 4 is 10.0 Å². The highest BCUT2D eigenvalue weighted by molar-refractivity contribution is 7.89. The van der Waals surface area contributed by atoms with E-state index in [1.54, 1.807) is 6.92 Å². The highest BCUT2D eigenvalue weighted by atomic mass is 32.2. The lowest BCUT2D eigenvalue weighted by Crippen LogP contribution is -2.50. The van der Waals surface area contributed by atoms with Crippen molar-refractivity contribution in [3.63, 3.8) is 0 Å². The highest BCUT2D eigenvalue weighted by Crippen LogP contribution is 2.26. The van der Waals surface area contributed by atoms with E-state index in [4.69, 9.17) is 10.5 Å². The second-order valence-corrected chi connectivity index (χ2v) is 6.85. The number of sulfonamides is 1. The lowest BCUT2D eigenvalue weighted by molar-refractivity contribution is -0.0170. The third kappa shape index (κ3) is 2.71. The van der Waals surface area contributed by atoms with E-state index in [0.29, 0.717) is 6.61 Å². The first-order valence-corrected chi connectivity index (χ1v) is 7.92. The smallest absolute Gasteiger partial charge is 0.243 e. The number of hydrogen-bond acceptors (Lipinski definition) is 4. The summed E-state index contributed by atoms with van der Waals surface area (Å²) in [6.07, 6.45) is -0.184. The van der Waals surface area contributed by atoms with Gasteiger partial charge in [-0.3, -0.25) is 0 Å². The van der Waals surface area contributed by atoms with Crippen LogP contribution in [0.2, 0.25) is 0 Å². The fourth-order valence-corrected chi connectivity index (χ4v) is 4.25. The van der Waals surface area contributed by atoms with Gasteiger partial charge in [0.25, 0.3) is 0 Å². The van der Waals surface area contributed by atoms with Crippen molar-refractivity contribution in [1.82, 2.24) is 4.31 Å². The average Bonchev–Trinajstić information content (AvgIpc) is 2.41. The van der Waals surface area contributed by atoms with Gasteiger partial charge in [-0.2, -0.15) is 4.31 Å². The van der Waals surface area contributed by atoms with Gasteiger partial charge < -0.3 is 10.5 Å². The van der Waals surface area contributed by atoms with E-state index in [9.17, 15) is 12.8 Å². The van der Waals surface area contributed by atoms with Gasteiger partial charge in [-0.15, -0.1) is 0 Å². The van der Waals surface area contributed by atoms with Crippen LogP contribution < -0.4 is 5.73 Å². The van der Waals surface area contributed by atoms with E-state index in [1.807, 2.05) is 6.92 Å². The number of nitrogens with two attached hydrogens (primary N) is 1. The van der Waals surface area contributed by atoms with Crippen molar-refractivity contribution in [3.05, 3.63) is 29.6 Å². The zero-order valence-electron chi connectivity index (χ0n) is 11.5. The number of nitrogens with zero attached hydrogens (tertiary/aromatic N) is 1. The van der Waals surface area contributed by atoms with E-state index < -0.39 is 15.8 Å². The molecule has 0 spiro atoms. The molecule has 112 valence electrons. The predicted octanol–water partition coefficient (Wildman–Crippen LogP) is 1.08. The maximum absolute atomic E-state index is 13.7. The number of morpholine rings is 1. The standard InChI is InChI=1S/C13H19FN2O3S/c1-9-8-19-10(2)7-16(9)20(17,18)13-5-3-4-12(14)11(13)6-15/h3-5,9-10H,6-8,15H2,1-2H3. The molecule has 1 saturated heterocycles. The summed E-state index contributed by atoms with van der Waals surface area (Å²) in [6.45, 7) is 4.00. The van der Waals surface area contributed by atoms with Gasteiger partial charge in [0.05, 0.1) is 17.6 Å². The van der Waals surface area contributed by atoms with E-state index in [1.165, 1.54) is 22.5 Å². The summed E-state index contributed by atoms with van der Waals surface area (Å²) in [4.78, 5) is -0.0547. The second kappa shape index (κ2) is 5.77. The molecular weight excluding hydrogens is 283 g/mol. The Kier molecular flexibility index (Phi) is 4.43. The van der Waals surface area contributed by atoms with Gasteiger partial charge in [-0.25, -0.2) is 12.8 Å². The maximum atomic E-state index is 13.7. The van der Waals surface area contributed by atoms with Gasteiger partial charge in [0, 0.05) is 24.7 Å². The molecule has 0 saturated carbocycles. The Bertz CT molecular complexity index is 591. The van der Waals surface area contributed by atoms with Crippen LogP contribution in [0.4, 0.5) is 4.39 Å². The normalized spacial score (nSPS) is 24.8. The fourth-order valence-electron chi connectivity index (χ4n) is 2.31. The first-order chi connectivity index (χ1) is 9.37. The van der Waals surface area contributed by atoms with Crippen LogP contribution in [0.15, 0.2) is 23.1 Å².